The number of nitrogens with one attached hydrogen (secondary N) is 2. The maximum Gasteiger partial charge on any atom is 0.416 e. The molecule has 2 saturated carbocycles. The van der Waals surface area contributed by atoms with E-state index in [0.29, 0.717) is 50.9 Å². The molecule has 1 aromatic carbocycles. The zero-order valence-electron chi connectivity index (χ0n) is 19.5. The Kier molecular flexibility index (Phi) is 7.27. The molecule has 190 valence electrons. The van der Waals surface area contributed by atoms with Gasteiger partial charge < -0.3 is 20.5 Å². The standard InChI is InChI=1S/C25H34F4N2O3/c1-16-15-34-9-5-21(16)31-20-4-8-23(13-20,24(33)6-2-3-7-24)22(32)30-14-17-10-18(25(27,28)29)12-19(26)11-17/h10-12,16,20-21,31,33H,2-9,13-15H2,1H3,(H,30,32)/t16?,20-,21?,23-/m1/s1. The molecule has 0 aromatic heterocycles. The Morgan fingerprint density at radius 1 is 1.18 bits per heavy atom. The summed E-state index contributed by atoms with van der Waals surface area (Å²) in [6.45, 7) is 3.28. The van der Waals surface area contributed by atoms with Crippen LogP contribution in [0, 0.1) is 17.2 Å². The number of hydrogen-bond acceptors (Lipinski definition) is 4. The van der Waals surface area contributed by atoms with Crippen LogP contribution in [0.15, 0.2) is 18.2 Å². The van der Waals surface area contributed by atoms with Crippen molar-refractivity contribution in [2.24, 2.45) is 11.3 Å². The maximum atomic E-state index is 13.8. The van der Waals surface area contributed by atoms with E-state index >= 15 is 0 Å². The van der Waals surface area contributed by atoms with Crippen LogP contribution >= 0.6 is 0 Å². The molecule has 3 aliphatic rings. The van der Waals surface area contributed by atoms with Gasteiger partial charge in [-0.05, 0) is 68.2 Å². The molecule has 1 aromatic rings. The van der Waals surface area contributed by atoms with Gasteiger partial charge >= 0.3 is 6.18 Å². The number of alkyl halides is 3. The molecule has 0 spiro atoms. The fraction of sp³-hybridized carbons (Fsp3) is 0.720. The molecule has 2 aliphatic carbocycles. The van der Waals surface area contributed by atoms with Crippen molar-refractivity contribution in [3.05, 3.63) is 35.1 Å². The zero-order valence-corrected chi connectivity index (χ0v) is 19.5. The third-order valence-corrected chi connectivity index (χ3v) is 8.10. The zero-order chi connectivity index (χ0) is 24.6. The van der Waals surface area contributed by atoms with E-state index in [2.05, 4.69) is 17.6 Å². The highest BCUT2D eigenvalue weighted by Crippen LogP contribution is 2.53. The van der Waals surface area contributed by atoms with Crippen molar-refractivity contribution in [3.63, 3.8) is 0 Å². The Hall–Kier alpha value is -1.71. The fourth-order valence-electron chi connectivity index (χ4n) is 6.16. The Labute approximate surface area is 197 Å². The molecule has 3 fully saturated rings. The Bertz CT molecular complexity index is 887. The van der Waals surface area contributed by atoms with Gasteiger partial charge in [0.2, 0.25) is 5.91 Å². The summed E-state index contributed by atoms with van der Waals surface area (Å²) in [5, 5.41) is 18.0. The Balaban J connectivity index is 1.50. The normalized spacial score (nSPS) is 31.5. The molecule has 9 heteroatoms. The lowest BCUT2D eigenvalue weighted by atomic mass is 9.68. The predicted octanol–water partition coefficient (Wildman–Crippen LogP) is 4.32. The largest absolute Gasteiger partial charge is 0.416 e. The van der Waals surface area contributed by atoms with E-state index in [1.807, 2.05) is 0 Å². The minimum absolute atomic E-state index is 0.0398. The molecule has 5 nitrogen and oxygen atoms in total. The van der Waals surface area contributed by atoms with Crippen molar-refractivity contribution in [1.82, 2.24) is 10.6 Å². The minimum Gasteiger partial charge on any atom is -0.389 e. The van der Waals surface area contributed by atoms with Crippen LogP contribution in [-0.2, 0) is 22.3 Å². The summed E-state index contributed by atoms with van der Waals surface area (Å²) in [6.07, 6.45) is 0.641. The van der Waals surface area contributed by atoms with Crippen LogP contribution in [0.5, 0.6) is 0 Å². The monoisotopic (exact) mass is 486 g/mol. The quantitative estimate of drug-likeness (QED) is 0.524. The second kappa shape index (κ2) is 9.74. The van der Waals surface area contributed by atoms with E-state index < -0.39 is 28.6 Å². The van der Waals surface area contributed by atoms with E-state index in [4.69, 9.17) is 4.74 Å². The number of ether oxygens (including phenoxy) is 1. The number of rotatable bonds is 6. The number of amides is 1. The topological polar surface area (TPSA) is 70.6 Å². The van der Waals surface area contributed by atoms with Crippen LogP contribution in [-0.4, -0.2) is 41.9 Å². The van der Waals surface area contributed by atoms with E-state index in [1.54, 1.807) is 0 Å². The summed E-state index contributed by atoms with van der Waals surface area (Å²) in [7, 11) is 0. The van der Waals surface area contributed by atoms with Crippen molar-refractivity contribution in [2.75, 3.05) is 13.2 Å². The van der Waals surface area contributed by atoms with Crippen LogP contribution in [0.3, 0.4) is 0 Å². The van der Waals surface area contributed by atoms with Gasteiger partial charge in [-0.2, -0.15) is 13.2 Å². The number of carbonyl (C=O) groups is 1. The van der Waals surface area contributed by atoms with Crippen molar-refractivity contribution in [2.45, 2.75) is 88.7 Å². The van der Waals surface area contributed by atoms with Gasteiger partial charge in [-0.1, -0.05) is 19.8 Å². The fourth-order valence-corrected chi connectivity index (χ4v) is 6.16. The number of hydrogen-bond donors (Lipinski definition) is 3. The van der Waals surface area contributed by atoms with Crippen molar-refractivity contribution >= 4 is 5.91 Å². The van der Waals surface area contributed by atoms with Gasteiger partial charge in [0.25, 0.3) is 0 Å². The van der Waals surface area contributed by atoms with Gasteiger partial charge in [-0.3, -0.25) is 4.79 Å². The minimum atomic E-state index is -4.67. The Morgan fingerprint density at radius 2 is 1.91 bits per heavy atom. The number of benzene rings is 1. The summed E-state index contributed by atoms with van der Waals surface area (Å²) >= 11 is 0. The number of halogens is 4. The molecule has 1 aliphatic heterocycles. The van der Waals surface area contributed by atoms with Crippen LogP contribution in [0.2, 0.25) is 0 Å². The van der Waals surface area contributed by atoms with Crippen LogP contribution in [0.1, 0.15) is 69.4 Å². The van der Waals surface area contributed by atoms with Crippen LogP contribution in [0.4, 0.5) is 17.6 Å². The van der Waals surface area contributed by atoms with E-state index in [-0.39, 0.29) is 30.1 Å². The summed E-state index contributed by atoms with van der Waals surface area (Å²) in [5.41, 5.74) is -3.21. The summed E-state index contributed by atoms with van der Waals surface area (Å²) < 4.78 is 58.5. The van der Waals surface area contributed by atoms with E-state index in [0.717, 1.165) is 37.8 Å². The Morgan fingerprint density at radius 3 is 2.59 bits per heavy atom. The van der Waals surface area contributed by atoms with E-state index in [9.17, 15) is 27.5 Å². The first-order chi connectivity index (χ1) is 16.0. The van der Waals surface area contributed by atoms with Gasteiger partial charge in [0.05, 0.1) is 23.2 Å². The second-order valence-corrected chi connectivity index (χ2v) is 10.4. The molecule has 1 heterocycles. The van der Waals surface area contributed by atoms with Gasteiger partial charge in [0, 0.05) is 25.2 Å². The van der Waals surface area contributed by atoms with Gasteiger partial charge in [-0.15, -0.1) is 0 Å². The lowest BCUT2D eigenvalue weighted by molar-refractivity contribution is -0.150. The molecule has 0 radical (unpaired) electrons. The molecule has 34 heavy (non-hydrogen) atoms. The summed E-state index contributed by atoms with van der Waals surface area (Å²) in [6, 6.07) is 2.64. The van der Waals surface area contributed by atoms with Crippen molar-refractivity contribution in [1.29, 1.82) is 0 Å². The molecule has 4 rings (SSSR count). The van der Waals surface area contributed by atoms with Gasteiger partial charge in [0.15, 0.2) is 0 Å². The molecular weight excluding hydrogens is 452 g/mol. The molecule has 0 bridgehead atoms. The summed E-state index contributed by atoms with van der Waals surface area (Å²) in [4.78, 5) is 13.6. The van der Waals surface area contributed by atoms with Gasteiger partial charge in [0.1, 0.15) is 5.82 Å². The first-order valence-corrected chi connectivity index (χ1v) is 12.2. The molecule has 1 amide bonds. The molecule has 3 N–H and O–H groups in total. The maximum absolute atomic E-state index is 13.8. The molecule has 1 saturated heterocycles. The lowest BCUT2D eigenvalue weighted by Gasteiger charge is -2.42. The molecule has 4 atom stereocenters. The average Bonchev–Trinajstić information content (AvgIpc) is 3.41. The van der Waals surface area contributed by atoms with Crippen molar-refractivity contribution < 1.29 is 32.2 Å². The number of aliphatic hydroxyl groups is 1. The highest BCUT2D eigenvalue weighted by molar-refractivity contribution is 5.84. The highest BCUT2D eigenvalue weighted by atomic mass is 19.4. The highest BCUT2D eigenvalue weighted by Gasteiger charge is 2.59. The third kappa shape index (κ3) is 5.11. The van der Waals surface area contributed by atoms with E-state index in [1.165, 1.54) is 0 Å². The van der Waals surface area contributed by atoms with Crippen molar-refractivity contribution in [3.8, 4) is 0 Å². The molecular formula is C25H34F4N2O3. The number of carbonyl (C=O) groups excluding carboxylic acids is 1. The first kappa shape index (κ1) is 25.4. The van der Waals surface area contributed by atoms with Gasteiger partial charge in [-0.25, -0.2) is 4.39 Å². The molecule has 2 unspecified atom stereocenters. The second-order valence-electron chi connectivity index (χ2n) is 10.4. The smallest absolute Gasteiger partial charge is 0.389 e. The van der Waals surface area contributed by atoms with Crippen LogP contribution in [0.25, 0.3) is 0 Å². The predicted molar refractivity (Wildman–Crippen MR) is 118 cm³/mol. The lowest BCUT2D eigenvalue weighted by Crippen LogP contribution is -2.55. The van der Waals surface area contributed by atoms with Crippen LogP contribution < -0.4 is 10.6 Å². The summed E-state index contributed by atoms with van der Waals surface area (Å²) in [5.74, 6) is -1.01. The average molecular weight is 487 g/mol. The first-order valence-electron chi connectivity index (χ1n) is 12.2. The SMILES string of the molecule is CC1COCCC1N[C@@H]1CC[C@@](C(=O)NCc2cc(F)cc(C(F)(F)F)c2)(C2(O)CCCC2)C1. The third-order valence-electron chi connectivity index (χ3n) is 8.10.